The molecule has 0 rings (SSSR count). The monoisotopic (exact) mass is 138 g/mol. The van der Waals surface area contributed by atoms with E-state index in [0.29, 0.717) is 6.42 Å². The molecule has 0 fully saturated rings. The van der Waals surface area contributed by atoms with Crippen molar-refractivity contribution in [3.63, 3.8) is 0 Å². The molecule has 0 aromatic carbocycles. The Hall–Kier alpha value is -0.470. The van der Waals surface area contributed by atoms with Gasteiger partial charge in [0.05, 0.1) is 0 Å². The lowest BCUT2D eigenvalue weighted by molar-refractivity contribution is -0.0915. The van der Waals surface area contributed by atoms with E-state index < -0.39 is 11.7 Å². The average molecular weight is 138 g/mol. The second-order valence-electron chi connectivity index (χ2n) is 1.79. The topological polar surface area (TPSA) is 0 Å². The molecule has 0 saturated heterocycles. The van der Waals surface area contributed by atoms with Crippen LogP contribution in [0.2, 0.25) is 0 Å². The van der Waals surface area contributed by atoms with Crippen LogP contribution < -0.4 is 0 Å². The van der Waals surface area contributed by atoms with E-state index in [4.69, 9.17) is 0 Å². The summed E-state index contributed by atoms with van der Waals surface area (Å²) in [5.74, 6) is 0. The molecule has 0 spiro atoms. The minimum Gasteiger partial charge on any atom is -0.167 e. The van der Waals surface area contributed by atoms with Crippen LogP contribution in [0.1, 0.15) is 20.3 Å². The molecule has 0 aliphatic rings. The zero-order valence-corrected chi connectivity index (χ0v) is 5.42. The van der Waals surface area contributed by atoms with Crippen molar-refractivity contribution in [2.24, 2.45) is 0 Å². The van der Waals surface area contributed by atoms with Gasteiger partial charge in [-0.15, -0.1) is 0 Å². The largest absolute Gasteiger partial charge is 0.412 e. The summed E-state index contributed by atoms with van der Waals surface area (Å²) >= 11 is 0. The summed E-state index contributed by atoms with van der Waals surface area (Å²) in [6.07, 6.45) is -2.53. The second-order valence-corrected chi connectivity index (χ2v) is 1.79. The summed E-state index contributed by atoms with van der Waals surface area (Å²) in [5, 5.41) is 0. The molecule has 0 N–H and O–H groups in total. The van der Waals surface area contributed by atoms with Gasteiger partial charge in [-0.3, -0.25) is 0 Å². The van der Waals surface area contributed by atoms with E-state index >= 15 is 0 Å². The third-order valence-electron chi connectivity index (χ3n) is 0.957. The Bertz CT molecular complexity index is 110. The van der Waals surface area contributed by atoms with Crippen molar-refractivity contribution in [2.75, 3.05) is 0 Å². The van der Waals surface area contributed by atoms with Crippen LogP contribution in [-0.2, 0) is 0 Å². The van der Waals surface area contributed by atoms with Crippen molar-refractivity contribution < 1.29 is 13.2 Å². The smallest absolute Gasteiger partial charge is 0.167 e. The lowest BCUT2D eigenvalue weighted by Crippen LogP contribution is -2.08. The molecule has 0 radical (unpaired) electrons. The van der Waals surface area contributed by atoms with Gasteiger partial charge in [0.25, 0.3) is 0 Å². The third kappa shape index (κ3) is 3.16. The third-order valence-corrected chi connectivity index (χ3v) is 0.957. The van der Waals surface area contributed by atoms with Gasteiger partial charge in [0.2, 0.25) is 0 Å². The Labute approximate surface area is 52.4 Å². The molecule has 0 amide bonds. The van der Waals surface area contributed by atoms with Crippen LogP contribution in [-0.4, -0.2) is 6.18 Å². The molecule has 54 valence electrons. The van der Waals surface area contributed by atoms with Crippen LogP contribution in [0.4, 0.5) is 13.2 Å². The number of allylic oxidation sites excluding steroid dienone is 2. The van der Waals surface area contributed by atoms with E-state index in [1.807, 2.05) is 0 Å². The maximum atomic E-state index is 11.6. The highest BCUT2D eigenvalue weighted by molar-refractivity contribution is 5.04. The summed E-state index contributed by atoms with van der Waals surface area (Å²) in [5.41, 5.74) is -0.509. The fourth-order valence-electron chi connectivity index (χ4n) is 0.422. The molecule has 0 atom stereocenters. The quantitative estimate of drug-likeness (QED) is 0.489. The summed E-state index contributed by atoms with van der Waals surface area (Å²) in [6, 6.07) is 0. The summed E-state index contributed by atoms with van der Waals surface area (Å²) in [4.78, 5) is 0. The highest BCUT2D eigenvalue weighted by atomic mass is 19.4. The first-order chi connectivity index (χ1) is 3.98. The van der Waals surface area contributed by atoms with Crippen LogP contribution in [0, 0.1) is 0 Å². The van der Waals surface area contributed by atoms with Gasteiger partial charge in [0, 0.05) is 5.57 Å². The summed E-state index contributed by atoms with van der Waals surface area (Å²) in [6.45, 7) is 2.75. The molecule has 0 saturated carbocycles. The molecule has 0 bridgehead atoms. The lowest BCUT2D eigenvalue weighted by Gasteiger charge is -2.04. The molecule has 0 aliphatic heterocycles. The number of alkyl halides is 3. The SMILES string of the molecule is CC/C=C(/C)C(F)(F)F. The van der Waals surface area contributed by atoms with Gasteiger partial charge in [-0.05, 0) is 13.3 Å². The summed E-state index contributed by atoms with van der Waals surface area (Å²) < 4.78 is 34.7. The Morgan fingerprint density at radius 2 is 1.89 bits per heavy atom. The lowest BCUT2D eigenvalue weighted by atomic mass is 10.2. The highest BCUT2D eigenvalue weighted by Crippen LogP contribution is 2.24. The Balaban J connectivity index is 4.03. The highest BCUT2D eigenvalue weighted by Gasteiger charge is 2.28. The fourth-order valence-corrected chi connectivity index (χ4v) is 0.422. The van der Waals surface area contributed by atoms with Crippen molar-refractivity contribution in [2.45, 2.75) is 26.4 Å². The zero-order chi connectivity index (χ0) is 7.49. The van der Waals surface area contributed by atoms with E-state index in [1.165, 1.54) is 6.08 Å². The van der Waals surface area contributed by atoms with Gasteiger partial charge >= 0.3 is 6.18 Å². The van der Waals surface area contributed by atoms with Crippen LogP contribution in [0.15, 0.2) is 11.6 Å². The molecule has 0 nitrogen and oxygen atoms in total. The predicted octanol–water partition coefficient (Wildman–Crippen LogP) is 2.91. The molecular formula is C6H9F3. The van der Waals surface area contributed by atoms with Crippen LogP contribution in [0.5, 0.6) is 0 Å². The van der Waals surface area contributed by atoms with Crippen LogP contribution in [0.25, 0.3) is 0 Å². The van der Waals surface area contributed by atoms with Gasteiger partial charge in [-0.25, -0.2) is 0 Å². The minimum atomic E-state index is -4.13. The molecular weight excluding hydrogens is 129 g/mol. The molecule has 0 heterocycles. The minimum absolute atomic E-state index is 0.436. The van der Waals surface area contributed by atoms with Crippen molar-refractivity contribution in [3.8, 4) is 0 Å². The fraction of sp³-hybridized carbons (Fsp3) is 0.667. The zero-order valence-electron chi connectivity index (χ0n) is 5.42. The van der Waals surface area contributed by atoms with E-state index in [9.17, 15) is 13.2 Å². The van der Waals surface area contributed by atoms with Gasteiger partial charge < -0.3 is 0 Å². The molecule has 3 heteroatoms. The molecule has 0 aromatic heterocycles. The maximum Gasteiger partial charge on any atom is 0.412 e. The van der Waals surface area contributed by atoms with Gasteiger partial charge in [0.1, 0.15) is 0 Å². The summed E-state index contributed by atoms with van der Waals surface area (Å²) in [7, 11) is 0. The second kappa shape index (κ2) is 2.90. The van der Waals surface area contributed by atoms with Gasteiger partial charge in [-0.1, -0.05) is 13.0 Å². The first kappa shape index (κ1) is 8.53. The first-order valence-corrected chi connectivity index (χ1v) is 2.72. The van der Waals surface area contributed by atoms with Crippen molar-refractivity contribution in [3.05, 3.63) is 11.6 Å². The molecule has 9 heavy (non-hydrogen) atoms. The van der Waals surface area contributed by atoms with E-state index in [0.717, 1.165) is 6.92 Å². The van der Waals surface area contributed by atoms with Crippen LogP contribution in [0.3, 0.4) is 0 Å². The van der Waals surface area contributed by atoms with E-state index in [2.05, 4.69) is 0 Å². The van der Waals surface area contributed by atoms with Gasteiger partial charge in [0.15, 0.2) is 0 Å². The number of halogens is 3. The molecule has 0 aliphatic carbocycles. The number of hydrogen-bond donors (Lipinski definition) is 0. The Morgan fingerprint density at radius 3 is 2.00 bits per heavy atom. The average Bonchev–Trinajstić information content (AvgIpc) is 1.64. The van der Waals surface area contributed by atoms with E-state index in [-0.39, 0.29) is 0 Å². The van der Waals surface area contributed by atoms with E-state index in [1.54, 1.807) is 6.92 Å². The maximum absolute atomic E-state index is 11.6. The standard InChI is InChI=1S/C6H9F3/c1-3-4-5(2)6(7,8)9/h4H,3H2,1-2H3/b5-4-. The van der Waals surface area contributed by atoms with Crippen LogP contribution >= 0.6 is 0 Å². The normalized spacial score (nSPS) is 14.1. The number of rotatable bonds is 1. The molecule has 0 unspecified atom stereocenters. The van der Waals surface area contributed by atoms with Gasteiger partial charge in [-0.2, -0.15) is 13.2 Å². The first-order valence-electron chi connectivity index (χ1n) is 2.72. The van der Waals surface area contributed by atoms with Crippen molar-refractivity contribution in [1.29, 1.82) is 0 Å². The van der Waals surface area contributed by atoms with Crippen molar-refractivity contribution in [1.82, 2.24) is 0 Å². The van der Waals surface area contributed by atoms with Crippen molar-refractivity contribution >= 4 is 0 Å². The number of hydrogen-bond acceptors (Lipinski definition) is 0. The molecule has 0 aromatic rings. The Morgan fingerprint density at radius 1 is 1.44 bits per heavy atom. The Kier molecular flexibility index (Phi) is 2.74. The predicted molar refractivity (Wildman–Crippen MR) is 30.1 cm³/mol.